The average molecular weight is 160 g/mol. The summed E-state index contributed by atoms with van der Waals surface area (Å²) in [6, 6.07) is 0. The van der Waals surface area contributed by atoms with Crippen LogP contribution in [0.4, 0.5) is 18.8 Å². The normalized spacial score (nSPS) is 4.25. The van der Waals surface area contributed by atoms with Crippen LogP contribution in [0.15, 0.2) is 0 Å². The lowest BCUT2D eigenvalue weighted by molar-refractivity contribution is 0.619. The van der Waals surface area contributed by atoms with Gasteiger partial charge in [0.05, 0.1) is 0 Å². The largest absolute Gasteiger partial charge is 0.269 e. The van der Waals surface area contributed by atoms with E-state index < -0.39 is 10.7 Å². The smallest absolute Gasteiger partial charge is 0.137 e. The highest BCUT2D eigenvalue weighted by atomic mass is 32.2. The first kappa shape index (κ1) is 47.9. The van der Waals surface area contributed by atoms with Gasteiger partial charge in [0.25, 0.3) is 0 Å². The van der Waals surface area contributed by atoms with Crippen molar-refractivity contribution in [3.63, 3.8) is 0 Å². The lowest BCUT2D eigenvalue weighted by Crippen LogP contribution is -1.56. The lowest BCUT2D eigenvalue weighted by Gasteiger charge is -1.41. The van der Waals surface area contributed by atoms with Gasteiger partial charge in [-0.05, 0) is 0 Å². The molecule has 0 amide bonds. The number of hydrogen-bond donors (Lipinski definition) is 1. The van der Waals surface area contributed by atoms with E-state index in [2.05, 4.69) is 0 Å². The SMILES string of the molecule is C[SH](=O)=O.F.F.F.F. The summed E-state index contributed by atoms with van der Waals surface area (Å²) in [4.78, 5) is 0. The fraction of sp³-hybridized carbons (Fsp3) is 1.00. The van der Waals surface area contributed by atoms with Crippen LogP contribution in [0, 0.1) is 0 Å². The maximum atomic E-state index is 9.04. The van der Waals surface area contributed by atoms with Gasteiger partial charge in [0.1, 0.15) is 10.7 Å². The molecule has 0 atom stereocenters. The first-order valence-corrected chi connectivity index (χ1v) is 2.44. The zero-order valence-electron chi connectivity index (χ0n) is 3.90. The number of hydrogen-bond acceptors (Lipinski definition) is 2. The van der Waals surface area contributed by atoms with Crippen LogP contribution in [0.25, 0.3) is 0 Å². The van der Waals surface area contributed by atoms with E-state index in [1.165, 1.54) is 0 Å². The monoisotopic (exact) mass is 160 g/mol. The second-order valence-corrected chi connectivity index (χ2v) is 1.32. The molecule has 58 valence electrons. The fourth-order valence-electron chi connectivity index (χ4n) is 0. The molecule has 0 bridgehead atoms. The summed E-state index contributed by atoms with van der Waals surface area (Å²) in [6.07, 6.45) is 1.12. The van der Waals surface area contributed by atoms with Crippen LogP contribution in [0.3, 0.4) is 0 Å². The van der Waals surface area contributed by atoms with Gasteiger partial charge in [-0.25, -0.2) is 8.42 Å². The van der Waals surface area contributed by atoms with Crippen LogP contribution in [-0.2, 0) is 10.7 Å². The molecule has 0 unspecified atom stereocenters. The Kier molecular flexibility index (Phi) is 180. The Balaban J connectivity index is -0.00000000750. The average Bonchev–Trinajstić information content (AvgIpc) is 0.811. The van der Waals surface area contributed by atoms with Gasteiger partial charge in [0.2, 0.25) is 0 Å². The van der Waals surface area contributed by atoms with Crippen LogP contribution in [-0.4, -0.2) is 14.7 Å². The third kappa shape index (κ3) is 1140. The van der Waals surface area contributed by atoms with E-state index >= 15 is 0 Å². The molecule has 0 aliphatic carbocycles. The zero-order chi connectivity index (χ0) is 3.58. The summed E-state index contributed by atoms with van der Waals surface area (Å²) < 4.78 is 18.1. The number of halogens is 4. The van der Waals surface area contributed by atoms with Gasteiger partial charge < -0.3 is 0 Å². The predicted molar refractivity (Wildman–Crippen MR) is 26.3 cm³/mol. The van der Waals surface area contributed by atoms with Crippen LogP contribution in [0.5, 0.6) is 0 Å². The summed E-state index contributed by atoms with van der Waals surface area (Å²) >= 11 is 0. The Morgan fingerprint density at radius 1 is 0.875 bits per heavy atom. The second kappa shape index (κ2) is 30.1. The Labute approximate surface area is 45.3 Å². The summed E-state index contributed by atoms with van der Waals surface area (Å²) in [5.74, 6) is 0. The van der Waals surface area contributed by atoms with Crippen molar-refractivity contribution in [2.24, 2.45) is 0 Å². The van der Waals surface area contributed by atoms with Crippen LogP contribution >= 0.6 is 0 Å². The molecule has 0 N–H and O–H groups in total. The molecule has 0 radical (unpaired) electrons. The van der Waals surface area contributed by atoms with E-state index in [4.69, 9.17) is 8.42 Å². The summed E-state index contributed by atoms with van der Waals surface area (Å²) in [5.41, 5.74) is 0. The molecule has 0 heterocycles. The van der Waals surface area contributed by atoms with E-state index in [9.17, 15) is 0 Å². The van der Waals surface area contributed by atoms with Crippen molar-refractivity contribution < 1.29 is 27.2 Å². The predicted octanol–water partition coefficient (Wildman–Crippen LogP) is -0.162. The Bertz CT molecular complexity index is 62.4. The van der Waals surface area contributed by atoms with E-state index in [0.29, 0.717) is 0 Å². The summed E-state index contributed by atoms with van der Waals surface area (Å²) in [7, 11) is -2.12. The zero-order valence-corrected chi connectivity index (χ0v) is 4.79. The van der Waals surface area contributed by atoms with Crippen molar-refractivity contribution in [3.05, 3.63) is 0 Å². The maximum absolute atomic E-state index is 9.04. The van der Waals surface area contributed by atoms with E-state index in [1.54, 1.807) is 0 Å². The molecule has 0 aromatic rings. The van der Waals surface area contributed by atoms with Gasteiger partial charge in [-0.2, -0.15) is 0 Å². The van der Waals surface area contributed by atoms with E-state index in [1.807, 2.05) is 0 Å². The summed E-state index contributed by atoms with van der Waals surface area (Å²) in [6.45, 7) is 0. The molecule has 0 fully saturated rings. The molecule has 0 saturated heterocycles. The highest BCUT2D eigenvalue weighted by Gasteiger charge is 1.44. The highest BCUT2D eigenvalue weighted by Crippen LogP contribution is 1.29. The third-order valence-electron chi connectivity index (χ3n) is 0. The first-order chi connectivity index (χ1) is 1.73. The van der Waals surface area contributed by atoms with E-state index in [0.717, 1.165) is 6.26 Å². The van der Waals surface area contributed by atoms with Crippen LogP contribution in [0.2, 0.25) is 0 Å². The van der Waals surface area contributed by atoms with E-state index in [-0.39, 0.29) is 18.8 Å². The van der Waals surface area contributed by atoms with Gasteiger partial charge in [0, 0.05) is 6.26 Å². The molecule has 7 heteroatoms. The number of rotatable bonds is 0. The Hall–Kier alpha value is -0.330. The molecular weight excluding hydrogens is 152 g/mol. The van der Waals surface area contributed by atoms with Crippen molar-refractivity contribution in [2.45, 2.75) is 0 Å². The van der Waals surface area contributed by atoms with Gasteiger partial charge >= 0.3 is 0 Å². The van der Waals surface area contributed by atoms with Gasteiger partial charge in [-0.1, -0.05) is 0 Å². The number of thiol groups is 1. The minimum absolute atomic E-state index is 0. The van der Waals surface area contributed by atoms with Crippen molar-refractivity contribution in [1.29, 1.82) is 0 Å². The molecule has 0 spiro atoms. The van der Waals surface area contributed by atoms with Gasteiger partial charge in [-0.3, -0.25) is 18.8 Å². The lowest BCUT2D eigenvalue weighted by atomic mass is 12.0. The standard InChI is InChI=1S/CH4O2S.4FH/c1-4(2)3;;;;/h4H,1H3;4*1H. The molecule has 0 saturated carbocycles. The van der Waals surface area contributed by atoms with Gasteiger partial charge in [-0.15, -0.1) is 0 Å². The Morgan fingerprint density at radius 3 is 0.875 bits per heavy atom. The second-order valence-electron chi connectivity index (χ2n) is 0.440. The molecule has 0 rings (SSSR count). The molecule has 0 aromatic carbocycles. The maximum Gasteiger partial charge on any atom is 0.137 e. The fourth-order valence-corrected chi connectivity index (χ4v) is 0. The molecule has 8 heavy (non-hydrogen) atoms. The third-order valence-corrected chi connectivity index (χ3v) is 0. The minimum atomic E-state index is -2.12. The topological polar surface area (TPSA) is 34.1 Å². The van der Waals surface area contributed by atoms with Crippen molar-refractivity contribution in [3.8, 4) is 0 Å². The van der Waals surface area contributed by atoms with Gasteiger partial charge in [0.15, 0.2) is 0 Å². The Morgan fingerprint density at radius 2 is 0.875 bits per heavy atom. The minimum Gasteiger partial charge on any atom is -0.269 e. The van der Waals surface area contributed by atoms with Crippen LogP contribution in [0.1, 0.15) is 0 Å². The summed E-state index contributed by atoms with van der Waals surface area (Å²) in [5, 5.41) is 0. The van der Waals surface area contributed by atoms with Crippen molar-refractivity contribution >= 4 is 10.7 Å². The highest BCUT2D eigenvalue weighted by molar-refractivity contribution is 7.71. The molecular formula is CH8F4O2S. The van der Waals surface area contributed by atoms with Crippen molar-refractivity contribution in [1.82, 2.24) is 0 Å². The first-order valence-electron chi connectivity index (χ1n) is 0.812. The molecule has 0 aromatic heterocycles. The molecule has 0 aliphatic heterocycles. The molecule has 2 nitrogen and oxygen atoms in total. The van der Waals surface area contributed by atoms with Crippen LogP contribution < -0.4 is 0 Å². The molecule has 0 aliphatic rings. The quantitative estimate of drug-likeness (QED) is 0.394. The van der Waals surface area contributed by atoms with Crippen molar-refractivity contribution in [2.75, 3.05) is 6.26 Å².